The SMILES string of the molecule is COc1cc(C(=O)N2CCC[C@H]2C(=O)OC(C)(C)C)nc(OC)n1. The van der Waals surface area contributed by atoms with Crippen LogP contribution in [-0.2, 0) is 9.53 Å². The zero-order valence-corrected chi connectivity index (χ0v) is 14.7. The van der Waals surface area contributed by atoms with E-state index < -0.39 is 17.6 Å². The maximum atomic E-state index is 12.8. The summed E-state index contributed by atoms with van der Waals surface area (Å²) in [6.45, 7) is 5.86. The molecule has 1 fully saturated rings. The third kappa shape index (κ3) is 4.12. The minimum absolute atomic E-state index is 0.0331. The molecule has 0 N–H and O–H groups in total. The van der Waals surface area contributed by atoms with Gasteiger partial charge in [-0.15, -0.1) is 0 Å². The summed E-state index contributed by atoms with van der Waals surface area (Å²) in [6.07, 6.45) is 1.30. The van der Waals surface area contributed by atoms with Gasteiger partial charge in [0, 0.05) is 12.6 Å². The minimum atomic E-state index is -0.608. The topological polar surface area (TPSA) is 90.9 Å². The van der Waals surface area contributed by atoms with Gasteiger partial charge in [0.2, 0.25) is 5.88 Å². The summed E-state index contributed by atoms with van der Waals surface area (Å²) in [4.78, 5) is 34.6. The molecule has 1 atom stereocenters. The Morgan fingerprint density at radius 3 is 2.50 bits per heavy atom. The smallest absolute Gasteiger partial charge is 0.329 e. The molecular formula is C16H23N3O5. The van der Waals surface area contributed by atoms with Gasteiger partial charge in [-0.3, -0.25) is 4.79 Å². The molecule has 0 aromatic carbocycles. The van der Waals surface area contributed by atoms with Crippen LogP contribution in [0, 0.1) is 0 Å². The van der Waals surface area contributed by atoms with Crippen LogP contribution in [0.4, 0.5) is 0 Å². The highest BCUT2D eigenvalue weighted by Crippen LogP contribution is 2.24. The van der Waals surface area contributed by atoms with E-state index in [1.165, 1.54) is 25.2 Å². The van der Waals surface area contributed by atoms with E-state index in [2.05, 4.69) is 9.97 Å². The number of methoxy groups -OCH3 is 2. The Labute approximate surface area is 141 Å². The van der Waals surface area contributed by atoms with Crippen molar-refractivity contribution < 1.29 is 23.8 Å². The second kappa shape index (κ2) is 7.02. The maximum absolute atomic E-state index is 12.8. The largest absolute Gasteiger partial charge is 0.481 e. The number of aromatic nitrogens is 2. The summed E-state index contributed by atoms with van der Waals surface area (Å²) in [5, 5.41) is 0. The number of carbonyl (C=O) groups is 2. The van der Waals surface area contributed by atoms with Gasteiger partial charge in [0.1, 0.15) is 17.3 Å². The molecule has 0 unspecified atom stereocenters. The average Bonchev–Trinajstić information content (AvgIpc) is 3.01. The van der Waals surface area contributed by atoms with Gasteiger partial charge in [0.05, 0.1) is 14.2 Å². The van der Waals surface area contributed by atoms with Crippen molar-refractivity contribution in [1.29, 1.82) is 0 Å². The molecule has 1 aliphatic rings. The normalized spacial score (nSPS) is 17.5. The van der Waals surface area contributed by atoms with Gasteiger partial charge in [-0.1, -0.05) is 0 Å². The van der Waals surface area contributed by atoms with Crippen LogP contribution in [0.25, 0.3) is 0 Å². The van der Waals surface area contributed by atoms with Crippen LogP contribution in [0.1, 0.15) is 44.1 Å². The zero-order chi connectivity index (χ0) is 17.9. The number of esters is 1. The Bertz CT molecular complexity index is 604. The lowest BCUT2D eigenvalue weighted by atomic mass is 10.1. The van der Waals surface area contributed by atoms with E-state index in [0.29, 0.717) is 13.0 Å². The Balaban J connectivity index is 2.23. The molecule has 1 aromatic rings. The Morgan fingerprint density at radius 1 is 1.21 bits per heavy atom. The second-order valence-electron chi connectivity index (χ2n) is 6.47. The van der Waals surface area contributed by atoms with E-state index in [0.717, 1.165) is 6.42 Å². The molecule has 0 saturated carbocycles. The lowest BCUT2D eigenvalue weighted by molar-refractivity contribution is -0.159. The molecule has 2 heterocycles. The predicted octanol–water partition coefficient (Wildman–Crippen LogP) is 1.44. The number of hydrogen-bond acceptors (Lipinski definition) is 7. The average molecular weight is 337 g/mol. The molecule has 0 bridgehead atoms. The number of likely N-dealkylation sites (tertiary alicyclic amines) is 1. The molecule has 1 aromatic heterocycles. The number of rotatable bonds is 4. The van der Waals surface area contributed by atoms with Crippen molar-refractivity contribution in [1.82, 2.24) is 14.9 Å². The van der Waals surface area contributed by atoms with Crippen molar-refractivity contribution in [2.24, 2.45) is 0 Å². The van der Waals surface area contributed by atoms with Gasteiger partial charge in [0.15, 0.2) is 0 Å². The molecule has 24 heavy (non-hydrogen) atoms. The molecular weight excluding hydrogens is 314 g/mol. The van der Waals surface area contributed by atoms with Crippen molar-refractivity contribution in [3.63, 3.8) is 0 Å². The maximum Gasteiger partial charge on any atom is 0.329 e. The summed E-state index contributed by atoms with van der Waals surface area (Å²) >= 11 is 0. The Morgan fingerprint density at radius 2 is 1.92 bits per heavy atom. The number of ether oxygens (including phenoxy) is 3. The molecule has 0 aliphatic carbocycles. The zero-order valence-electron chi connectivity index (χ0n) is 14.7. The van der Waals surface area contributed by atoms with Crippen LogP contribution in [0.2, 0.25) is 0 Å². The second-order valence-corrected chi connectivity index (χ2v) is 6.47. The molecule has 2 rings (SSSR count). The standard InChI is InChI=1S/C16H23N3O5/c1-16(2,3)24-14(21)11-7-6-8-19(11)13(20)10-9-12(22-4)18-15(17-10)23-5/h9,11H,6-8H2,1-5H3/t11-/m0/s1. The molecule has 0 spiro atoms. The third-order valence-corrected chi connectivity index (χ3v) is 3.49. The number of carbonyl (C=O) groups excluding carboxylic acids is 2. The lowest BCUT2D eigenvalue weighted by Crippen LogP contribution is -2.43. The fourth-order valence-corrected chi connectivity index (χ4v) is 2.48. The van der Waals surface area contributed by atoms with E-state index in [-0.39, 0.29) is 23.5 Å². The van der Waals surface area contributed by atoms with Gasteiger partial charge in [-0.2, -0.15) is 9.97 Å². The highest BCUT2D eigenvalue weighted by Gasteiger charge is 2.38. The third-order valence-electron chi connectivity index (χ3n) is 3.49. The van der Waals surface area contributed by atoms with E-state index in [1.807, 2.05) is 0 Å². The quantitative estimate of drug-likeness (QED) is 0.768. The van der Waals surface area contributed by atoms with Gasteiger partial charge < -0.3 is 19.1 Å². The number of amides is 1. The van der Waals surface area contributed by atoms with E-state index >= 15 is 0 Å². The van der Waals surface area contributed by atoms with E-state index in [9.17, 15) is 9.59 Å². The number of nitrogens with zero attached hydrogens (tertiary/aromatic N) is 3. The van der Waals surface area contributed by atoms with Gasteiger partial charge in [-0.25, -0.2) is 4.79 Å². The van der Waals surface area contributed by atoms with Gasteiger partial charge in [-0.05, 0) is 33.6 Å². The molecule has 8 heteroatoms. The van der Waals surface area contributed by atoms with Gasteiger partial charge in [0.25, 0.3) is 5.91 Å². The molecule has 1 saturated heterocycles. The summed E-state index contributed by atoms with van der Waals surface area (Å²) in [5.74, 6) is -0.554. The van der Waals surface area contributed by atoms with Crippen molar-refractivity contribution in [2.45, 2.75) is 45.3 Å². The molecule has 8 nitrogen and oxygen atoms in total. The van der Waals surface area contributed by atoms with Crippen molar-refractivity contribution in [2.75, 3.05) is 20.8 Å². The van der Waals surface area contributed by atoms with Crippen LogP contribution < -0.4 is 9.47 Å². The fraction of sp³-hybridized carbons (Fsp3) is 0.625. The van der Waals surface area contributed by atoms with Crippen LogP contribution in [0.3, 0.4) is 0 Å². The van der Waals surface area contributed by atoms with E-state index in [1.54, 1.807) is 20.8 Å². The molecule has 0 radical (unpaired) electrons. The fourth-order valence-electron chi connectivity index (χ4n) is 2.48. The Hall–Kier alpha value is -2.38. The minimum Gasteiger partial charge on any atom is -0.481 e. The highest BCUT2D eigenvalue weighted by molar-refractivity contribution is 5.96. The first-order valence-corrected chi connectivity index (χ1v) is 7.76. The highest BCUT2D eigenvalue weighted by atomic mass is 16.6. The number of hydrogen-bond donors (Lipinski definition) is 0. The summed E-state index contributed by atoms with van der Waals surface area (Å²) in [7, 11) is 2.85. The van der Waals surface area contributed by atoms with Gasteiger partial charge >= 0.3 is 12.0 Å². The monoisotopic (exact) mass is 337 g/mol. The predicted molar refractivity (Wildman–Crippen MR) is 85.0 cm³/mol. The van der Waals surface area contributed by atoms with E-state index in [4.69, 9.17) is 14.2 Å². The molecule has 1 amide bonds. The summed E-state index contributed by atoms with van der Waals surface area (Å²) < 4.78 is 15.5. The molecule has 132 valence electrons. The Kier molecular flexibility index (Phi) is 5.26. The van der Waals surface area contributed by atoms with Crippen molar-refractivity contribution in [3.8, 4) is 11.9 Å². The first kappa shape index (κ1) is 18.0. The first-order valence-electron chi connectivity index (χ1n) is 7.76. The molecule has 1 aliphatic heterocycles. The summed E-state index contributed by atoms with van der Waals surface area (Å²) in [5.41, 5.74) is -0.482. The van der Waals surface area contributed by atoms with Crippen LogP contribution >= 0.6 is 0 Å². The van der Waals surface area contributed by atoms with Crippen molar-refractivity contribution >= 4 is 11.9 Å². The van der Waals surface area contributed by atoms with Crippen molar-refractivity contribution in [3.05, 3.63) is 11.8 Å². The first-order chi connectivity index (χ1) is 11.2. The van der Waals surface area contributed by atoms with Crippen LogP contribution in [0.15, 0.2) is 6.07 Å². The summed E-state index contributed by atoms with van der Waals surface area (Å²) in [6, 6.07) is 0.851. The van der Waals surface area contributed by atoms with Crippen LogP contribution in [-0.4, -0.2) is 59.2 Å². The van der Waals surface area contributed by atoms with Crippen LogP contribution in [0.5, 0.6) is 11.9 Å². The lowest BCUT2D eigenvalue weighted by Gasteiger charge is -2.27.